The molecule has 0 bridgehead atoms. The van der Waals surface area contributed by atoms with Crippen molar-refractivity contribution in [1.82, 2.24) is 4.31 Å². The van der Waals surface area contributed by atoms with Crippen LogP contribution in [0.3, 0.4) is 0 Å². The Morgan fingerprint density at radius 2 is 1.50 bits per heavy atom. The SMILES string of the molecule is O=S(=O)(c1ccc(O)cc1O)N1Cc2ccccc2C1c1cc(O)cc(O)c1. The van der Waals surface area contributed by atoms with Crippen molar-refractivity contribution in [3.8, 4) is 23.0 Å². The summed E-state index contributed by atoms with van der Waals surface area (Å²) in [5.41, 5.74) is 1.89. The summed E-state index contributed by atoms with van der Waals surface area (Å²) in [7, 11) is -4.17. The highest BCUT2D eigenvalue weighted by molar-refractivity contribution is 7.89. The summed E-state index contributed by atoms with van der Waals surface area (Å²) >= 11 is 0. The molecule has 1 atom stereocenters. The average Bonchev–Trinajstić information content (AvgIpc) is 3.01. The molecule has 0 radical (unpaired) electrons. The lowest BCUT2D eigenvalue weighted by Gasteiger charge is -2.25. The average molecular weight is 399 g/mol. The number of nitrogens with zero attached hydrogens (tertiary/aromatic N) is 1. The Bertz CT molecular complexity index is 1150. The molecule has 0 amide bonds. The molecule has 1 aliphatic rings. The molecule has 1 unspecified atom stereocenters. The van der Waals surface area contributed by atoms with Crippen LogP contribution < -0.4 is 0 Å². The Hall–Kier alpha value is -3.23. The first-order valence-electron chi connectivity index (χ1n) is 8.42. The number of sulfonamides is 1. The second-order valence-corrected chi connectivity index (χ2v) is 8.45. The molecule has 8 heteroatoms. The number of hydrogen-bond acceptors (Lipinski definition) is 6. The fourth-order valence-electron chi connectivity index (χ4n) is 3.55. The summed E-state index contributed by atoms with van der Waals surface area (Å²) in [6, 6.07) is 13.6. The second-order valence-electron chi connectivity index (χ2n) is 6.59. The van der Waals surface area contributed by atoms with E-state index >= 15 is 0 Å². The van der Waals surface area contributed by atoms with Gasteiger partial charge in [-0.3, -0.25) is 0 Å². The molecule has 144 valence electrons. The van der Waals surface area contributed by atoms with Gasteiger partial charge in [-0.1, -0.05) is 24.3 Å². The summed E-state index contributed by atoms with van der Waals surface area (Å²) in [6.07, 6.45) is 0. The van der Waals surface area contributed by atoms with Gasteiger partial charge in [0.1, 0.15) is 27.9 Å². The lowest BCUT2D eigenvalue weighted by Crippen LogP contribution is -2.30. The zero-order chi connectivity index (χ0) is 20.1. The molecule has 7 nitrogen and oxygen atoms in total. The van der Waals surface area contributed by atoms with Gasteiger partial charge < -0.3 is 20.4 Å². The molecular weight excluding hydrogens is 382 g/mol. The molecule has 3 aromatic rings. The van der Waals surface area contributed by atoms with Gasteiger partial charge in [0, 0.05) is 18.7 Å². The van der Waals surface area contributed by atoms with Gasteiger partial charge in [-0.05, 0) is 41.0 Å². The number of aromatic hydroxyl groups is 4. The third-order valence-corrected chi connectivity index (χ3v) is 6.59. The molecule has 4 rings (SSSR count). The van der Waals surface area contributed by atoms with Crippen molar-refractivity contribution in [1.29, 1.82) is 0 Å². The molecule has 28 heavy (non-hydrogen) atoms. The quantitative estimate of drug-likeness (QED) is 0.538. The maximum absolute atomic E-state index is 13.3. The molecule has 3 aromatic carbocycles. The Morgan fingerprint density at radius 3 is 2.18 bits per heavy atom. The Labute approximate surface area is 161 Å². The van der Waals surface area contributed by atoms with Crippen LogP contribution in [0.2, 0.25) is 0 Å². The minimum atomic E-state index is -4.17. The lowest BCUT2D eigenvalue weighted by molar-refractivity contribution is 0.378. The topological polar surface area (TPSA) is 118 Å². The molecule has 1 heterocycles. The number of hydrogen-bond donors (Lipinski definition) is 4. The first-order chi connectivity index (χ1) is 13.3. The number of phenolic OH excluding ortho intramolecular Hbond substituents is 4. The van der Waals surface area contributed by atoms with E-state index in [1.807, 2.05) is 0 Å². The third-order valence-electron chi connectivity index (χ3n) is 4.73. The molecular formula is C20H17NO6S. The van der Waals surface area contributed by atoms with Crippen LogP contribution in [0.5, 0.6) is 23.0 Å². The first-order valence-corrected chi connectivity index (χ1v) is 9.86. The first kappa shape index (κ1) is 18.1. The van der Waals surface area contributed by atoms with Crippen molar-refractivity contribution in [2.24, 2.45) is 0 Å². The van der Waals surface area contributed by atoms with Crippen LogP contribution in [0, 0.1) is 0 Å². The largest absolute Gasteiger partial charge is 0.508 e. The third kappa shape index (κ3) is 2.92. The second kappa shape index (κ2) is 6.43. The maximum Gasteiger partial charge on any atom is 0.247 e. The normalized spacial score (nSPS) is 16.8. The number of benzene rings is 3. The van der Waals surface area contributed by atoms with E-state index in [2.05, 4.69) is 0 Å². The highest BCUT2D eigenvalue weighted by Crippen LogP contribution is 2.44. The summed E-state index contributed by atoms with van der Waals surface area (Å²) in [5, 5.41) is 39.4. The van der Waals surface area contributed by atoms with Crippen molar-refractivity contribution < 1.29 is 28.8 Å². The van der Waals surface area contributed by atoms with E-state index in [4.69, 9.17) is 0 Å². The highest BCUT2D eigenvalue weighted by atomic mass is 32.2. The van der Waals surface area contributed by atoms with Gasteiger partial charge in [0.05, 0.1) is 6.04 Å². The number of phenols is 4. The van der Waals surface area contributed by atoms with Gasteiger partial charge in [0.15, 0.2) is 0 Å². The molecule has 0 aromatic heterocycles. The van der Waals surface area contributed by atoms with Gasteiger partial charge in [-0.15, -0.1) is 0 Å². The minimum Gasteiger partial charge on any atom is -0.508 e. The minimum absolute atomic E-state index is 0.0555. The molecule has 4 N–H and O–H groups in total. The van der Waals surface area contributed by atoms with E-state index in [1.165, 1.54) is 22.5 Å². The monoisotopic (exact) mass is 399 g/mol. The summed E-state index contributed by atoms with van der Waals surface area (Å²) in [4.78, 5) is -0.340. The van der Waals surface area contributed by atoms with Crippen molar-refractivity contribution in [3.63, 3.8) is 0 Å². The standard InChI is InChI=1S/C20H17NO6S/c22-14-5-6-19(18(25)10-14)28(26,27)21-11-12-3-1-2-4-17(12)20(21)13-7-15(23)9-16(24)8-13/h1-10,20,22-25H,11H2. The van der Waals surface area contributed by atoms with E-state index < -0.39 is 21.8 Å². The van der Waals surface area contributed by atoms with Crippen LogP contribution in [0.4, 0.5) is 0 Å². The van der Waals surface area contributed by atoms with E-state index in [0.717, 1.165) is 23.8 Å². The lowest BCUT2D eigenvalue weighted by atomic mass is 9.98. The van der Waals surface area contributed by atoms with E-state index in [9.17, 15) is 28.8 Å². The molecule has 0 aliphatic carbocycles. The highest BCUT2D eigenvalue weighted by Gasteiger charge is 2.41. The van der Waals surface area contributed by atoms with Crippen LogP contribution in [-0.2, 0) is 16.6 Å². The molecule has 1 aliphatic heterocycles. The van der Waals surface area contributed by atoms with Crippen molar-refractivity contribution in [2.45, 2.75) is 17.5 Å². The van der Waals surface area contributed by atoms with E-state index in [1.54, 1.807) is 24.3 Å². The van der Waals surface area contributed by atoms with Gasteiger partial charge in [0.2, 0.25) is 10.0 Å². The zero-order valence-corrected chi connectivity index (χ0v) is 15.3. The Balaban J connectivity index is 1.90. The van der Waals surface area contributed by atoms with E-state index in [0.29, 0.717) is 11.1 Å². The van der Waals surface area contributed by atoms with Crippen LogP contribution >= 0.6 is 0 Å². The summed E-state index contributed by atoms with van der Waals surface area (Å²) in [6.45, 7) is 0.0555. The van der Waals surface area contributed by atoms with Crippen molar-refractivity contribution in [3.05, 3.63) is 77.4 Å². The van der Waals surface area contributed by atoms with Gasteiger partial charge in [0.25, 0.3) is 0 Å². The maximum atomic E-state index is 13.3. The van der Waals surface area contributed by atoms with Crippen LogP contribution in [0.15, 0.2) is 65.6 Å². The predicted molar refractivity (Wildman–Crippen MR) is 101 cm³/mol. The molecule has 0 spiro atoms. The van der Waals surface area contributed by atoms with E-state index in [-0.39, 0.29) is 28.7 Å². The van der Waals surface area contributed by atoms with Crippen molar-refractivity contribution in [2.75, 3.05) is 0 Å². The van der Waals surface area contributed by atoms with Crippen LogP contribution in [0.25, 0.3) is 0 Å². The smallest absolute Gasteiger partial charge is 0.247 e. The molecule has 0 fully saturated rings. The van der Waals surface area contributed by atoms with Crippen LogP contribution in [-0.4, -0.2) is 33.1 Å². The van der Waals surface area contributed by atoms with Gasteiger partial charge in [-0.2, -0.15) is 4.31 Å². The van der Waals surface area contributed by atoms with Crippen molar-refractivity contribution >= 4 is 10.0 Å². The summed E-state index contributed by atoms with van der Waals surface area (Å²) < 4.78 is 27.9. The predicted octanol–water partition coefficient (Wildman–Crippen LogP) is 2.80. The summed E-state index contributed by atoms with van der Waals surface area (Å²) in [5.74, 6) is -1.20. The number of fused-ring (bicyclic) bond motifs is 1. The molecule has 0 saturated carbocycles. The number of rotatable bonds is 3. The zero-order valence-electron chi connectivity index (χ0n) is 14.5. The Kier molecular flexibility index (Phi) is 4.17. The van der Waals surface area contributed by atoms with Gasteiger partial charge in [-0.25, -0.2) is 8.42 Å². The van der Waals surface area contributed by atoms with Gasteiger partial charge >= 0.3 is 0 Å². The van der Waals surface area contributed by atoms with Crippen LogP contribution in [0.1, 0.15) is 22.7 Å². The fraction of sp³-hybridized carbons (Fsp3) is 0.100. The fourth-order valence-corrected chi connectivity index (χ4v) is 5.19. The Morgan fingerprint density at radius 1 is 0.821 bits per heavy atom. The molecule has 0 saturated heterocycles.